The molecule has 1 fully saturated rings. The molecule has 1 unspecified atom stereocenters. The molecule has 78 valence electrons. The SMILES string of the molecule is CCCC(N)C1CCC(C)(C)CC1. The molecule has 1 heteroatoms. The lowest BCUT2D eigenvalue weighted by Crippen LogP contribution is -2.34. The second-order valence-electron chi connectivity index (χ2n) is 5.45. The first-order valence-corrected chi connectivity index (χ1v) is 5.81. The maximum absolute atomic E-state index is 6.15. The molecule has 1 rings (SSSR count). The third-order valence-corrected chi connectivity index (χ3v) is 3.61. The lowest BCUT2D eigenvalue weighted by molar-refractivity contribution is 0.170. The standard InChI is InChI=1S/C12H25N/c1-4-5-11(13)10-6-8-12(2,3)9-7-10/h10-11H,4-9,13H2,1-3H3. The first kappa shape index (κ1) is 11.0. The number of hydrogen-bond acceptors (Lipinski definition) is 1. The first-order chi connectivity index (χ1) is 6.05. The van der Waals surface area contributed by atoms with Crippen LogP contribution in [0.15, 0.2) is 0 Å². The largest absolute Gasteiger partial charge is 0.327 e. The van der Waals surface area contributed by atoms with Gasteiger partial charge < -0.3 is 5.73 Å². The fraction of sp³-hybridized carbons (Fsp3) is 1.00. The second-order valence-corrected chi connectivity index (χ2v) is 5.45. The molecule has 2 N–H and O–H groups in total. The Morgan fingerprint density at radius 2 is 1.85 bits per heavy atom. The molecule has 1 nitrogen and oxygen atoms in total. The molecule has 0 amide bonds. The van der Waals surface area contributed by atoms with Crippen molar-refractivity contribution in [2.75, 3.05) is 0 Å². The van der Waals surface area contributed by atoms with Crippen LogP contribution in [0.25, 0.3) is 0 Å². The maximum atomic E-state index is 6.15. The molecule has 1 aliphatic rings. The van der Waals surface area contributed by atoms with E-state index in [2.05, 4.69) is 20.8 Å². The van der Waals surface area contributed by atoms with E-state index in [-0.39, 0.29) is 0 Å². The van der Waals surface area contributed by atoms with Gasteiger partial charge in [-0.05, 0) is 43.4 Å². The van der Waals surface area contributed by atoms with E-state index in [0.29, 0.717) is 11.5 Å². The fourth-order valence-electron chi connectivity index (χ4n) is 2.42. The smallest absolute Gasteiger partial charge is 0.00670 e. The molecule has 0 heterocycles. The molecule has 1 atom stereocenters. The van der Waals surface area contributed by atoms with E-state index in [1.54, 1.807) is 0 Å². The summed E-state index contributed by atoms with van der Waals surface area (Å²) in [7, 11) is 0. The van der Waals surface area contributed by atoms with Crippen LogP contribution in [0, 0.1) is 11.3 Å². The van der Waals surface area contributed by atoms with Gasteiger partial charge in [-0.3, -0.25) is 0 Å². The summed E-state index contributed by atoms with van der Waals surface area (Å²) < 4.78 is 0. The normalized spacial score (nSPS) is 25.8. The summed E-state index contributed by atoms with van der Waals surface area (Å²) in [4.78, 5) is 0. The minimum Gasteiger partial charge on any atom is -0.327 e. The Labute approximate surface area is 83.1 Å². The molecule has 0 spiro atoms. The molecular formula is C12H25N. The summed E-state index contributed by atoms with van der Waals surface area (Å²) in [6.07, 6.45) is 7.90. The monoisotopic (exact) mass is 183 g/mol. The Morgan fingerprint density at radius 1 is 1.31 bits per heavy atom. The summed E-state index contributed by atoms with van der Waals surface area (Å²) in [5, 5.41) is 0. The van der Waals surface area contributed by atoms with Crippen molar-refractivity contribution in [1.29, 1.82) is 0 Å². The van der Waals surface area contributed by atoms with E-state index in [0.717, 1.165) is 5.92 Å². The van der Waals surface area contributed by atoms with Gasteiger partial charge in [-0.2, -0.15) is 0 Å². The van der Waals surface area contributed by atoms with Crippen LogP contribution in [0.4, 0.5) is 0 Å². The van der Waals surface area contributed by atoms with E-state index in [1.807, 2.05) is 0 Å². The van der Waals surface area contributed by atoms with E-state index < -0.39 is 0 Å². The van der Waals surface area contributed by atoms with Gasteiger partial charge in [-0.25, -0.2) is 0 Å². The highest BCUT2D eigenvalue weighted by Crippen LogP contribution is 2.39. The highest BCUT2D eigenvalue weighted by Gasteiger charge is 2.29. The maximum Gasteiger partial charge on any atom is 0.00670 e. The topological polar surface area (TPSA) is 26.0 Å². The van der Waals surface area contributed by atoms with Crippen LogP contribution in [0.3, 0.4) is 0 Å². The Balaban J connectivity index is 2.32. The van der Waals surface area contributed by atoms with Crippen LogP contribution in [0.2, 0.25) is 0 Å². The van der Waals surface area contributed by atoms with Crippen molar-refractivity contribution >= 4 is 0 Å². The van der Waals surface area contributed by atoms with Crippen LogP contribution >= 0.6 is 0 Å². The van der Waals surface area contributed by atoms with Gasteiger partial charge in [-0.15, -0.1) is 0 Å². The van der Waals surface area contributed by atoms with Gasteiger partial charge in [0, 0.05) is 6.04 Å². The van der Waals surface area contributed by atoms with Crippen molar-refractivity contribution in [3.8, 4) is 0 Å². The van der Waals surface area contributed by atoms with E-state index >= 15 is 0 Å². The zero-order valence-electron chi connectivity index (χ0n) is 9.47. The number of rotatable bonds is 3. The van der Waals surface area contributed by atoms with Gasteiger partial charge in [0.2, 0.25) is 0 Å². The molecule has 1 saturated carbocycles. The van der Waals surface area contributed by atoms with Crippen molar-refractivity contribution in [2.45, 2.75) is 65.3 Å². The molecule has 0 aromatic heterocycles. The van der Waals surface area contributed by atoms with Crippen molar-refractivity contribution in [3.05, 3.63) is 0 Å². The summed E-state index contributed by atoms with van der Waals surface area (Å²) in [5.74, 6) is 0.813. The Bertz CT molecular complexity index is 141. The van der Waals surface area contributed by atoms with Crippen molar-refractivity contribution in [2.24, 2.45) is 17.1 Å². The summed E-state index contributed by atoms with van der Waals surface area (Å²) in [6.45, 7) is 7.00. The molecule has 0 aromatic rings. The average molecular weight is 183 g/mol. The lowest BCUT2D eigenvalue weighted by atomic mass is 9.71. The Morgan fingerprint density at radius 3 is 2.31 bits per heavy atom. The van der Waals surface area contributed by atoms with Crippen LogP contribution < -0.4 is 5.73 Å². The van der Waals surface area contributed by atoms with Crippen molar-refractivity contribution < 1.29 is 0 Å². The molecular weight excluding hydrogens is 158 g/mol. The zero-order chi connectivity index (χ0) is 9.90. The zero-order valence-corrected chi connectivity index (χ0v) is 9.47. The van der Waals surface area contributed by atoms with E-state index in [9.17, 15) is 0 Å². The molecule has 0 radical (unpaired) electrons. The van der Waals surface area contributed by atoms with Crippen molar-refractivity contribution in [1.82, 2.24) is 0 Å². The van der Waals surface area contributed by atoms with Gasteiger partial charge in [0.1, 0.15) is 0 Å². The van der Waals surface area contributed by atoms with E-state index in [1.165, 1.54) is 38.5 Å². The predicted molar refractivity (Wildman–Crippen MR) is 58.6 cm³/mol. The predicted octanol–water partition coefficient (Wildman–Crippen LogP) is 3.33. The van der Waals surface area contributed by atoms with Crippen LogP contribution in [-0.4, -0.2) is 6.04 Å². The highest BCUT2D eigenvalue weighted by atomic mass is 14.6. The third-order valence-electron chi connectivity index (χ3n) is 3.61. The lowest BCUT2D eigenvalue weighted by Gasteiger charge is -2.36. The quantitative estimate of drug-likeness (QED) is 0.713. The van der Waals surface area contributed by atoms with E-state index in [4.69, 9.17) is 5.73 Å². The second kappa shape index (κ2) is 4.45. The van der Waals surface area contributed by atoms with Gasteiger partial charge in [-0.1, -0.05) is 27.2 Å². The minimum absolute atomic E-state index is 0.473. The summed E-state index contributed by atoms with van der Waals surface area (Å²) in [5.41, 5.74) is 6.73. The summed E-state index contributed by atoms with van der Waals surface area (Å²) >= 11 is 0. The van der Waals surface area contributed by atoms with Crippen molar-refractivity contribution in [3.63, 3.8) is 0 Å². The van der Waals surface area contributed by atoms with Gasteiger partial charge in [0.15, 0.2) is 0 Å². The average Bonchev–Trinajstić information content (AvgIpc) is 2.04. The van der Waals surface area contributed by atoms with Crippen LogP contribution in [0.1, 0.15) is 59.3 Å². The van der Waals surface area contributed by atoms with Gasteiger partial charge >= 0.3 is 0 Å². The minimum atomic E-state index is 0.473. The third kappa shape index (κ3) is 3.30. The molecule has 13 heavy (non-hydrogen) atoms. The molecule has 0 saturated heterocycles. The molecule has 1 aliphatic carbocycles. The summed E-state index contributed by atoms with van der Waals surface area (Å²) in [6, 6.07) is 0.473. The number of nitrogens with two attached hydrogens (primary N) is 1. The van der Waals surface area contributed by atoms with Gasteiger partial charge in [0.05, 0.1) is 0 Å². The molecule has 0 aliphatic heterocycles. The fourth-order valence-corrected chi connectivity index (χ4v) is 2.42. The van der Waals surface area contributed by atoms with Crippen LogP contribution in [0.5, 0.6) is 0 Å². The Hall–Kier alpha value is -0.0400. The van der Waals surface area contributed by atoms with Gasteiger partial charge in [0.25, 0.3) is 0 Å². The molecule has 0 aromatic carbocycles. The Kier molecular flexibility index (Phi) is 3.78. The number of hydrogen-bond donors (Lipinski definition) is 1. The first-order valence-electron chi connectivity index (χ1n) is 5.81. The highest BCUT2D eigenvalue weighted by molar-refractivity contribution is 4.83. The molecule has 0 bridgehead atoms. The van der Waals surface area contributed by atoms with Crippen LogP contribution in [-0.2, 0) is 0 Å².